The zero-order valence-electron chi connectivity index (χ0n) is 35.1. The lowest BCUT2D eigenvalue weighted by molar-refractivity contribution is -0.161. The first kappa shape index (κ1) is 52.3. The minimum Gasteiger partial charge on any atom is -0.462 e. The summed E-state index contributed by atoms with van der Waals surface area (Å²) in [4.78, 5) is 34.8. The fraction of sp³-hybridized carbons (Fsp3) is 0.822. The SMILES string of the molecule is CCCCCC/C=C\C/C=C\CCCCCCCCCC(=O)OC(COC(=O)CCCCCCC/C=C\CCCCCCCCC)COP(=O)(O)OCC. The molecule has 0 fully saturated rings. The van der Waals surface area contributed by atoms with Crippen LogP contribution >= 0.6 is 7.82 Å². The standard InChI is InChI=1S/C45H83O8P/c1-4-7-9-11-13-15-17-19-21-23-24-26-28-30-32-34-36-38-40-45(47)53-43(42-52-54(48,49)51-6-3)41-50-44(46)39-37-35-33-31-29-27-25-22-20-18-16-14-12-10-8-5-2/h15,17,21-23,25,43H,4-14,16,18-20,24,26-42H2,1-3H3,(H,48,49)/b17-15-,23-21-,25-22-. The molecular formula is C45H83O8P. The lowest BCUT2D eigenvalue weighted by Crippen LogP contribution is -2.29. The topological polar surface area (TPSA) is 108 Å². The van der Waals surface area contributed by atoms with Crippen LogP contribution in [0.4, 0.5) is 0 Å². The van der Waals surface area contributed by atoms with E-state index in [1.807, 2.05) is 0 Å². The molecule has 2 atom stereocenters. The quantitative estimate of drug-likeness (QED) is 0.0283. The third-order valence-corrected chi connectivity index (χ3v) is 10.5. The van der Waals surface area contributed by atoms with E-state index in [-0.39, 0.29) is 32.0 Å². The van der Waals surface area contributed by atoms with Gasteiger partial charge in [-0.05, 0) is 77.6 Å². The zero-order valence-corrected chi connectivity index (χ0v) is 36.0. The fourth-order valence-corrected chi connectivity index (χ4v) is 6.88. The van der Waals surface area contributed by atoms with E-state index in [4.69, 9.17) is 18.5 Å². The van der Waals surface area contributed by atoms with Gasteiger partial charge in [0.2, 0.25) is 0 Å². The van der Waals surface area contributed by atoms with Crippen molar-refractivity contribution in [1.29, 1.82) is 0 Å². The molecule has 9 heteroatoms. The predicted molar refractivity (Wildman–Crippen MR) is 226 cm³/mol. The second-order valence-electron chi connectivity index (χ2n) is 14.7. The van der Waals surface area contributed by atoms with E-state index < -0.39 is 26.5 Å². The number of carbonyl (C=O) groups is 2. The van der Waals surface area contributed by atoms with Crippen molar-refractivity contribution in [3.63, 3.8) is 0 Å². The van der Waals surface area contributed by atoms with E-state index in [0.717, 1.165) is 70.6 Å². The molecule has 0 aromatic rings. The summed E-state index contributed by atoms with van der Waals surface area (Å²) in [6, 6.07) is 0. The van der Waals surface area contributed by atoms with Gasteiger partial charge in [-0.1, -0.05) is 159 Å². The lowest BCUT2D eigenvalue weighted by Gasteiger charge is -2.19. The van der Waals surface area contributed by atoms with E-state index in [2.05, 4.69) is 50.3 Å². The van der Waals surface area contributed by atoms with Crippen LogP contribution in [0.15, 0.2) is 36.5 Å². The van der Waals surface area contributed by atoms with Gasteiger partial charge in [-0.2, -0.15) is 0 Å². The highest BCUT2D eigenvalue weighted by molar-refractivity contribution is 7.47. The number of phosphoric acid groups is 1. The molecule has 0 aliphatic heterocycles. The van der Waals surface area contributed by atoms with Crippen LogP contribution in [0, 0.1) is 0 Å². The van der Waals surface area contributed by atoms with Crippen LogP contribution in [-0.2, 0) is 32.7 Å². The van der Waals surface area contributed by atoms with E-state index in [9.17, 15) is 19.0 Å². The van der Waals surface area contributed by atoms with Gasteiger partial charge in [-0.25, -0.2) is 4.57 Å². The molecule has 2 unspecified atom stereocenters. The molecule has 0 aromatic heterocycles. The Balaban J connectivity index is 4.09. The largest absolute Gasteiger partial charge is 0.472 e. The normalized spacial score (nSPS) is 13.6. The van der Waals surface area contributed by atoms with Crippen LogP contribution in [0.5, 0.6) is 0 Å². The monoisotopic (exact) mass is 783 g/mol. The molecule has 8 nitrogen and oxygen atoms in total. The van der Waals surface area contributed by atoms with Crippen molar-refractivity contribution in [1.82, 2.24) is 0 Å². The van der Waals surface area contributed by atoms with Gasteiger partial charge >= 0.3 is 19.8 Å². The molecule has 0 aliphatic rings. The summed E-state index contributed by atoms with van der Waals surface area (Å²) in [5.41, 5.74) is 0. The molecule has 1 N–H and O–H groups in total. The molecule has 0 aromatic carbocycles. The summed E-state index contributed by atoms with van der Waals surface area (Å²) in [7, 11) is -4.28. The number of ether oxygens (including phenoxy) is 2. The average Bonchev–Trinajstić information content (AvgIpc) is 3.15. The molecule has 0 amide bonds. The first-order chi connectivity index (χ1) is 26.3. The molecule has 0 heterocycles. The third-order valence-electron chi connectivity index (χ3n) is 9.42. The zero-order chi connectivity index (χ0) is 39.6. The van der Waals surface area contributed by atoms with Crippen LogP contribution < -0.4 is 0 Å². The number of carbonyl (C=O) groups excluding carboxylic acids is 2. The smallest absolute Gasteiger partial charge is 0.462 e. The molecule has 0 aliphatic carbocycles. The van der Waals surface area contributed by atoms with Crippen molar-refractivity contribution in [3.05, 3.63) is 36.5 Å². The van der Waals surface area contributed by atoms with Crippen LogP contribution in [0.25, 0.3) is 0 Å². The van der Waals surface area contributed by atoms with Crippen LogP contribution in [0.2, 0.25) is 0 Å². The van der Waals surface area contributed by atoms with Gasteiger partial charge in [-0.3, -0.25) is 18.6 Å². The van der Waals surface area contributed by atoms with Crippen molar-refractivity contribution < 1.29 is 37.6 Å². The molecule has 0 saturated heterocycles. The Morgan fingerprint density at radius 1 is 0.500 bits per heavy atom. The summed E-state index contributed by atoms with van der Waals surface area (Å²) >= 11 is 0. The van der Waals surface area contributed by atoms with Crippen molar-refractivity contribution in [2.45, 2.75) is 219 Å². The van der Waals surface area contributed by atoms with Crippen LogP contribution in [-0.4, -0.2) is 42.8 Å². The van der Waals surface area contributed by atoms with Gasteiger partial charge in [0.05, 0.1) is 13.2 Å². The maximum Gasteiger partial charge on any atom is 0.472 e. The fourth-order valence-electron chi connectivity index (χ4n) is 6.12. The molecule has 316 valence electrons. The van der Waals surface area contributed by atoms with Crippen molar-refractivity contribution in [2.24, 2.45) is 0 Å². The predicted octanol–water partition coefficient (Wildman–Crippen LogP) is 14.0. The number of unbranched alkanes of at least 4 members (excludes halogenated alkanes) is 23. The highest BCUT2D eigenvalue weighted by Gasteiger charge is 2.25. The molecular weight excluding hydrogens is 699 g/mol. The highest BCUT2D eigenvalue weighted by atomic mass is 31.2. The third kappa shape index (κ3) is 39.9. The first-order valence-corrected chi connectivity index (χ1v) is 23.8. The molecule has 0 radical (unpaired) electrons. The summed E-state index contributed by atoms with van der Waals surface area (Å²) in [6.07, 6.45) is 46.2. The number of esters is 2. The van der Waals surface area contributed by atoms with Crippen LogP contribution in [0.1, 0.15) is 213 Å². The van der Waals surface area contributed by atoms with Gasteiger partial charge in [0, 0.05) is 12.8 Å². The molecule has 0 bridgehead atoms. The Bertz CT molecular complexity index is 979. The van der Waals surface area contributed by atoms with Gasteiger partial charge in [0.25, 0.3) is 0 Å². The first-order valence-electron chi connectivity index (χ1n) is 22.3. The van der Waals surface area contributed by atoms with Crippen molar-refractivity contribution in [3.8, 4) is 0 Å². The minimum absolute atomic E-state index is 0.00253. The molecule has 0 rings (SSSR count). The van der Waals surface area contributed by atoms with Gasteiger partial charge < -0.3 is 14.4 Å². The Morgan fingerprint density at radius 3 is 1.35 bits per heavy atom. The van der Waals surface area contributed by atoms with Crippen molar-refractivity contribution in [2.75, 3.05) is 19.8 Å². The molecule has 0 saturated carbocycles. The number of phosphoric ester groups is 1. The van der Waals surface area contributed by atoms with Crippen molar-refractivity contribution >= 4 is 19.8 Å². The Hall–Kier alpha value is -1.73. The molecule has 54 heavy (non-hydrogen) atoms. The highest BCUT2D eigenvalue weighted by Crippen LogP contribution is 2.43. The van der Waals surface area contributed by atoms with E-state index >= 15 is 0 Å². The lowest BCUT2D eigenvalue weighted by atomic mass is 10.1. The van der Waals surface area contributed by atoms with Gasteiger partial charge in [0.1, 0.15) is 6.61 Å². The second kappa shape index (κ2) is 40.9. The van der Waals surface area contributed by atoms with E-state index in [1.165, 1.54) is 103 Å². The Labute approximate surface area is 332 Å². The maximum atomic E-state index is 12.6. The van der Waals surface area contributed by atoms with E-state index in [1.54, 1.807) is 6.92 Å². The average molecular weight is 783 g/mol. The Morgan fingerprint density at radius 2 is 0.889 bits per heavy atom. The van der Waals surface area contributed by atoms with Crippen LogP contribution in [0.3, 0.4) is 0 Å². The minimum atomic E-state index is -4.28. The Kier molecular flexibility index (Phi) is 39.6. The van der Waals surface area contributed by atoms with E-state index in [0.29, 0.717) is 6.42 Å². The van der Waals surface area contributed by atoms with Gasteiger partial charge in [0.15, 0.2) is 6.10 Å². The van der Waals surface area contributed by atoms with Gasteiger partial charge in [-0.15, -0.1) is 0 Å². The number of rotatable bonds is 41. The number of allylic oxidation sites excluding steroid dienone is 6. The molecule has 0 spiro atoms. The summed E-state index contributed by atoms with van der Waals surface area (Å²) in [5.74, 6) is -0.812. The summed E-state index contributed by atoms with van der Waals surface area (Å²) in [5, 5.41) is 0. The number of hydrogen-bond acceptors (Lipinski definition) is 7. The summed E-state index contributed by atoms with van der Waals surface area (Å²) < 4.78 is 32.7. The maximum absolute atomic E-state index is 12.6. The number of hydrogen-bond donors (Lipinski definition) is 1. The summed E-state index contributed by atoms with van der Waals surface area (Å²) in [6.45, 7) is 5.45. The second-order valence-corrected chi connectivity index (χ2v) is 16.2.